The number of benzene rings is 9. The van der Waals surface area contributed by atoms with E-state index in [-0.39, 0.29) is 0 Å². The predicted molar refractivity (Wildman–Crippen MR) is 235 cm³/mol. The molecule has 3 heteroatoms. The van der Waals surface area contributed by atoms with E-state index in [9.17, 15) is 0 Å². The van der Waals surface area contributed by atoms with Crippen molar-refractivity contribution in [2.45, 2.75) is 0 Å². The second-order valence-electron chi connectivity index (χ2n) is 14.0. The zero-order valence-electron chi connectivity index (χ0n) is 29.8. The van der Waals surface area contributed by atoms with E-state index in [0.29, 0.717) is 0 Å². The molecule has 0 fully saturated rings. The van der Waals surface area contributed by atoms with Gasteiger partial charge in [-0.05, 0) is 70.3 Å². The quantitative estimate of drug-likeness (QED) is 0.170. The van der Waals surface area contributed by atoms with Gasteiger partial charge >= 0.3 is 0 Å². The number of hydrogen-bond acceptors (Lipinski definition) is 3. The summed E-state index contributed by atoms with van der Waals surface area (Å²) >= 11 is 1.86. The van der Waals surface area contributed by atoms with E-state index < -0.39 is 0 Å². The first-order chi connectivity index (χ1) is 27.3. The van der Waals surface area contributed by atoms with Gasteiger partial charge in [0.1, 0.15) is 11.2 Å². The molecular weight excluding hydrogens is 687 g/mol. The van der Waals surface area contributed by atoms with Crippen molar-refractivity contribution in [3.8, 4) is 33.4 Å². The zero-order valence-corrected chi connectivity index (χ0v) is 30.6. The van der Waals surface area contributed by atoms with E-state index in [2.05, 4.69) is 205 Å². The Bertz CT molecular complexity index is 3090. The third kappa shape index (κ3) is 5.24. The lowest BCUT2D eigenvalue weighted by atomic mass is 9.96. The summed E-state index contributed by atoms with van der Waals surface area (Å²) in [6.45, 7) is 0. The van der Waals surface area contributed by atoms with Crippen LogP contribution in [0.5, 0.6) is 0 Å². The molecule has 0 bridgehead atoms. The van der Waals surface area contributed by atoms with Crippen LogP contribution in [0.15, 0.2) is 205 Å². The van der Waals surface area contributed by atoms with Crippen molar-refractivity contribution >= 4 is 81.3 Å². The smallest absolute Gasteiger partial charge is 0.143 e. The molecule has 0 amide bonds. The Balaban J connectivity index is 1.17. The Kier molecular flexibility index (Phi) is 7.39. The highest BCUT2D eigenvalue weighted by Gasteiger charge is 2.23. The molecule has 0 aliphatic heterocycles. The SMILES string of the molecule is c1ccc(-c2ccc(N(c3ccc(-c4ccccc4)cc3)c3cc4c(oc5cccc(-c6cccc7c6sc6ccccc67)c54)c4ccccc34)cc2)cc1. The molecule has 2 aromatic heterocycles. The normalized spacial score (nSPS) is 11.6. The van der Waals surface area contributed by atoms with Gasteiger partial charge in [-0.3, -0.25) is 0 Å². The maximum absolute atomic E-state index is 6.86. The average Bonchev–Trinajstić information content (AvgIpc) is 3.84. The van der Waals surface area contributed by atoms with E-state index in [1.165, 1.54) is 53.6 Å². The molecule has 11 rings (SSSR count). The predicted octanol–water partition coefficient (Wildman–Crippen LogP) is 15.6. The lowest BCUT2D eigenvalue weighted by Gasteiger charge is -2.27. The molecule has 0 aliphatic carbocycles. The molecule has 55 heavy (non-hydrogen) atoms. The first kappa shape index (κ1) is 31.6. The molecule has 0 radical (unpaired) electrons. The van der Waals surface area contributed by atoms with Crippen molar-refractivity contribution in [3.05, 3.63) is 200 Å². The fraction of sp³-hybridized carbons (Fsp3) is 0. The molecule has 0 spiro atoms. The molecule has 11 aromatic rings. The minimum Gasteiger partial charge on any atom is -0.455 e. The van der Waals surface area contributed by atoms with Crippen LogP contribution in [0.2, 0.25) is 0 Å². The standard InChI is InChI=1S/C52H33NOS/c1-3-13-34(14-4-1)36-25-29-38(30-26-36)53(39-31-27-37(28-32-39)35-15-5-2-6-16-35)47-33-46-50-42(20-12-23-48(50)54-51(46)43-19-8-7-17-40(43)47)45-22-11-21-44-41-18-9-10-24-49(41)55-52(44)45/h1-33H. The van der Waals surface area contributed by atoms with Crippen molar-refractivity contribution < 1.29 is 4.42 Å². The molecule has 2 nitrogen and oxygen atoms in total. The summed E-state index contributed by atoms with van der Waals surface area (Å²) in [5.41, 5.74) is 12.2. The number of rotatable bonds is 6. The number of anilines is 3. The van der Waals surface area contributed by atoms with Gasteiger partial charge in [0.05, 0.1) is 5.69 Å². The van der Waals surface area contributed by atoms with Gasteiger partial charge in [-0.25, -0.2) is 0 Å². The second-order valence-corrected chi connectivity index (χ2v) is 15.1. The number of fused-ring (bicyclic) bond motifs is 8. The molecule has 0 N–H and O–H groups in total. The van der Waals surface area contributed by atoms with E-state index in [1.807, 2.05) is 11.3 Å². The largest absolute Gasteiger partial charge is 0.455 e. The summed E-state index contributed by atoms with van der Waals surface area (Å²) in [7, 11) is 0. The number of nitrogens with zero attached hydrogens (tertiary/aromatic N) is 1. The van der Waals surface area contributed by atoms with Crippen LogP contribution in [-0.4, -0.2) is 0 Å². The summed E-state index contributed by atoms with van der Waals surface area (Å²) in [5.74, 6) is 0. The van der Waals surface area contributed by atoms with Crippen LogP contribution in [-0.2, 0) is 0 Å². The molecule has 0 unspecified atom stereocenters. The van der Waals surface area contributed by atoms with Crippen LogP contribution >= 0.6 is 11.3 Å². The van der Waals surface area contributed by atoms with Gasteiger partial charge in [-0.2, -0.15) is 0 Å². The Morgan fingerprint density at radius 3 is 1.58 bits per heavy atom. The summed E-state index contributed by atoms with van der Waals surface area (Å²) < 4.78 is 9.46. The molecule has 2 heterocycles. The molecule has 258 valence electrons. The summed E-state index contributed by atoms with van der Waals surface area (Å²) in [6, 6.07) is 72.0. The van der Waals surface area contributed by atoms with E-state index in [4.69, 9.17) is 4.42 Å². The fourth-order valence-electron chi connectivity index (χ4n) is 8.29. The van der Waals surface area contributed by atoms with Crippen LogP contribution in [0.3, 0.4) is 0 Å². The van der Waals surface area contributed by atoms with Crippen molar-refractivity contribution in [1.29, 1.82) is 0 Å². The minimum absolute atomic E-state index is 0.888. The van der Waals surface area contributed by atoms with Crippen LogP contribution in [0, 0.1) is 0 Å². The lowest BCUT2D eigenvalue weighted by molar-refractivity contribution is 0.673. The molecule has 0 saturated carbocycles. The van der Waals surface area contributed by atoms with E-state index in [1.54, 1.807) is 0 Å². The van der Waals surface area contributed by atoms with Gasteiger partial charge in [-0.1, -0.05) is 158 Å². The van der Waals surface area contributed by atoms with Crippen LogP contribution in [0.1, 0.15) is 0 Å². The Morgan fingerprint density at radius 1 is 0.382 bits per heavy atom. The van der Waals surface area contributed by atoms with Crippen LogP contribution in [0.25, 0.3) is 86.3 Å². The number of hydrogen-bond donors (Lipinski definition) is 0. The first-order valence-electron chi connectivity index (χ1n) is 18.7. The van der Waals surface area contributed by atoms with Gasteiger partial charge in [-0.15, -0.1) is 11.3 Å². The zero-order chi connectivity index (χ0) is 36.3. The van der Waals surface area contributed by atoms with Gasteiger partial charge < -0.3 is 9.32 Å². The maximum atomic E-state index is 6.86. The van der Waals surface area contributed by atoms with Crippen LogP contribution in [0.4, 0.5) is 17.1 Å². The molecule has 9 aromatic carbocycles. The van der Waals surface area contributed by atoms with Gasteiger partial charge in [0, 0.05) is 58.7 Å². The topological polar surface area (TPSA) is 16.4 Å². The minimum atomic E-state index is 0.888. The third-order valence-electron chi connectivity index (χ3n) is 10.9. The summed E-state index contributed by atoms with van der Waals surface area (Å²) in [6.07, 6.45) is 0. The summed E-state index contributed by atoms with van der Waals surface area (Å²) in [5, 5.41) is 7.04. The molecule has 0 saturated heterocycles. The number of thiophene rings is 1. The fourth-order valence-corrected chi connectivity index (χ4v) is 9.52. The second kappa shape index (κ2) is 12.9. The van der Waals surface area contributed by atoms with Gasteiger partial charge in [0.25, 0.3) is 0 Å². The highest BCUT2D eigenvalue weighted by atomic mass is 32.1. The first-order valence-corrected chi connectivity index (χ1v) is 19.5. The highest BCUT2D eigenvalue weighted by Crippen LogP contribution is 2.48. The Labute approximate surface area is 322 Å². The lowest BCUT2D eigenvalue weighted by Crippen LogP contribution is -2.10. The van der Waals surface area contributed by atoms with Crippen molar-refractivity contribution in [2.24, 2.45) is 0 Å². The number of furan rings is 1. The van der Waals surface area contributed by atoms with Crippen LogP contribution < -0.4 is 4.90 Å². The van der Waals surface area contributed by atoms with Gasteiger partial charge in [0.2, 0.25) is 0 Å². The van der Waals surface area contributed by atoms with E-state index >= 15 is 0 Å². The Morgan fingerprint density at radius 2 is 0.909 bits per heavy atom. The molecule has 0 aliphatic rings. The summed E-state index contributed by atoms with van der Waals surface area (Å²) in [4.78, 5) is 2.40. The highest BCUT2D eigenvalue weighted by molar-refractivity contribution is 7.26. The monoisotopic (exact) mass is 719 g/mol. The van der Waals surface area contributed by atoms with Crippen molar-refractivity contribution in [1.82, 2.24) is 0 Å². The third-order valence-corrected chi connectivity index (χ3v) is 12.1. The Hall–Kier alpha value is -6.94. The molecular formula is C52H33NOS. The molecule has 0 atom stereocenters. The maximum Gasteiger partial charge on any atom is 0.143 e. The van der Waals surface area contributed by atoms with Crippen molar-refractivity contribution in [2.75, 3.05) is 4.90 Å². The van der Waals surface area contributed by atoms with Gasteiger partial charge in [0.15, 0.2) is 0 Å². The van der Waals surface area contributed by atoms with Crippen molar-refractivity contribution in [3.63, 3.8) is 0 Å². The average molecular weight is 720 g/mol. The van der Waals surface area contributed by atoms with E-state index in [0.717, 1.165) is 49.8 Å².